The molecule has 0 aliphatic heterocycles. The van der Waals surface area contributed by atoms with Crippen molar-refractivity contribution in [3.8, 4) is 0 Å². The molecule has 0 aliphatic carbocycles. The minimum absolute atomic E-state index is 0.198. The van der Waals surface area contributed by atoms with Gasteiger partial charge in [-0.3, -0.25) is 0 Å². The Labute approximate surface area is 81.0 Å². The number of thiol groups is 1. The summed E-state index contributed by atoms with van der Waals surface area (Å²) in [6.07, 6.45) is 1.33. The Morgan fingerprint density at radius 1 is 1.33 bits per heavy atom. The van der Waals surface area contributed by atoms with Crippen molar-refractivity contribution in [2.75, 3.05) is 26.1 Å². The summed E-state index contributed by atoms with van der Waals surface area (Å²) < 4.78 is 10.5. The highest BCUT2D eigenvalue weighted by atomic mass is 32.1. The highest BCUT2D eigenvalue weighted by Gasteiger charge is 2.07. The van der Waals surface area contributed by atoms with Crippen molar-refractivity contribution in [2.45, 2.75) is 26.4 Å². The summed E-state index contributed by atoms with van der Waals surface area (Å²) >= 11 is 4.24. The third kappa shape index (κ3) is 5.86. The highest BCUT2D eigenvalue weighted by molar-refractivity contribution is 7.80. The zero-order chi connectivity index (χ0) is 9.40. The second kappa shape index (κ2) is 7.90. The number of ether oxygens (including phenoxy) is 2. The largest absolute Gasteiger partial charge is 0.382 e. The molecular formula is C9H20O2S. The van der Waals surface area contributed by atoms with Crippen LogP contribution in [0.2, 0.25) is 0 Å². The summed E-state index contributed by atoms with van der Waals surface area (Å²) in [5, 5.41) is 0. The Hall–Kier alpha value is 0.270. The van der Waals surface area contributed by atoms with Crippen molar-refractivity contribution >= 4 is 12.6 Å². The average Bonchev–Trinajstić information content (AvgIpc) is 2.07. The minimum atomic E-state index is 0.198. The van der Waals surface area contributed by atoms with Crippen molar-refractivity contribution in [1.82, 2.24) is 0 Å². The molecule has 0 amide bonds. The van der Waals surface area contributed by atoms with Crippen molar-refractivity contribution in [3.05, 3.63) is 0 Å². The summed E-state index contributed by atoms with van der Waals surface area (Å²) in [4.78, 5) is 0. The molecule has 0 radical (unpaired) electrons. The van der Waals surface area contributed by atoms with Crippen molar-refractivity contribution in [2.24, 2.45) is 5.92 Å². The van der Waals surface area contributed by atoms with E-state index >= 15 is 0 Å². The molecule has 2 unspecified atom stereocenters. The lowest BCUT2D eigenvalue weighted by atomic mass is 10.1. The lowest BCUT2D eigenvalue weighted by Crippen LogP contribution is -2.20. The van der Waals surface area contributed by atoms with E-state index in [1.54, 1.807) is 7.11 Å². The van der Waals surface area contributed by atoms with E-state index in [1.165, 1.54) is 0 Å². The van der Waals surface area contributed by atoms with Crippen LogP contribution in [0, 0.1) is 5.92 Å². The molecule has 0 bridgehead atoms. The molecule has 2 nitrogen and oxygen atoms in total. The van der Waals surface area contributed by atoms with E-state index in [9.17, 15) is 0 Å². The second-order valence-electron chi connectivity index (χ2n) is 3.06. The second-order valence-corrected chi connectivity index (χ2v) is 3.42. The fourth-order valence-electron chi connectivity index (χ4n) is 0.883. The molecule has 0 N–H and O–H groups in total. The summed E-state index contributed by atoms with van der Waals surface area (Å²) in [7, 11) is 1.69. The Bertz CT molecular complexity index is 94.5. The quantitative estimate of drug-likeness (QED) is 0.622. The number of hydrogen-bond acceptors (Lipinski definition) is 3. The van der Waals surface area contributed by atoms with Gasteiger partial charge in [0.05, 0.1) is 19.3 Å². The van der Waals surface area contributed by atoms with E-state index in [1.807, 2.05) is 6.92 Å². The monoisotopic (exact) mass is 192 g/mol. The molecule has 0 aromatic heterocycles. The molecule has 0 aromatic carbocycles. The molecule has 0 heterocycles. The molecule has 0 saturated carbocycles. The average molecular weight is 192 g/mol. The Kier molecular flexibility index (Phi) is 8.07. The standard InChI is InChI=1S/C9H20O2S/c1-4-9(7-12)6-11-8(2)5-10-3/h8-9,12H,4-7H2,1-3H3. The van der Waals surface area contributed by atoms with E-state index in [0.717, 1.165) is 18.8 Å². The topological polar surface area (TPSA) is 18.5 Å². The first-order valence-electron chi connectivity index (χ1n) is 4.45. The number of rotatable bonds is 7. The van der Waals surface area contributed by atoms with Gasteiger partial charge < -0.3 is 9.47 Å². The highest BCUT2D eigenvalue weighted by Crippen LogP contribution is 2.06. The smallest absolute Gasteiger partial charge is 0.0780 e. The third-order valence-corrected chi connectivity index (χ3v) is 2.37. The maximum absolute atomic E-state index is 5.55. The molecule has 0 saturated heterocycles. The molecule has 3 heteroatoms. The Morgan fingerprint density at radius 2 is 2.00 bits per heavy atom. The van der Waals surface area contributed by atoms with Gasteiger partial charge in [0, 0.05) is 7.11 Å². The normalized spacial score (nSPS) is 16.0. The molecular weight excluding hydrogens is 172 g/mol. The summed E-state index contributed by atoms with van der Waals surface area (Å²) in [6.45, 7) is 5.65. The van der Waals surface area contributed by atoms with Crippen LogP contribution < -0.4 is 0 Å². The molecule has 74 valence electrons. The first-order chi connectivity index (χ1) is 5.74. The van der Waals surface area contributed by atoms with Gasteiger partial charge in [-0.15, -0.1) is 0 Å². The van der Waals surface area contributed by atoms with Gasteiger partial charge in [0.1, 0.15) is 0 Å². The molecule has 12 heavy (non-hydrogen) atoms. The zero-order valence-electron chi connectivity index (χ0n) is 8.25. The fourth-order valence-corrected chi connectivity index (χ4v) is 1.25. The Balaban J connectivity index is 3.37. The van der Waals surface area contributed by atoms with E-state index < -0.39 is 0 Å². The van der Waals surface area contributed by atoms with Crippen LogP contribution in [0.15, 0.2) is 0 Å². The van der Waals surface area contributed by atoms with Gasteiger partial charge in [-0.2, -0.15) is 12.6 Å². The lowest BCUT2D eigenvalue weighted by Gasteiger charge is -2.16. The summed E-state index contributed by atoms with van der Waals surface area (Å²) in [6, 6.07) is 0. The lowest BCUT2D eigenvalue weighted by molar-refractivity contribution is -0.00406. The van der Waals surface area contributed by atoms with Crippen molar-refractivity contribution < 1.29 is 9.47 Å². The first kappa shape index (κ1) is 12.3. The van der Waals surface area contributed by atoms with E-state index in [4.69, 9.17) is 9.47 Å². The van der Waals surface area contributed by atoms with Crippen LogP contribution in [0.4, 0.5) is 0 Å². The van der Waals surface area contributed by atoms with Crippen LogP contribution in [0.3, 0.4) is 0 Å². The molecule has 0 spiro atoms. The van der Waals surface area contributed by atoms with Crippen LogP contribution >= 0.6 is 12.6 Å². The predicted molar refractivity (Wildman–Crippen MR) is 54.9 cm³/mol. The van der Waals surface area contributed by atoms with Gasteiger partial charge in [-0.05, 0) is 18.6 Å². The maximum atomic E-state index is 5.55. The van der Waals surface area contributed by atoms with E-state index in [0.29, 0.717) is 12.5 Å². The van der Waals surface area contributed by atoms with Crippen LogP contribution in [-0.2, 0) is 9.47 Å². The fraction of sp³-hybridized carbons (Fsp3) is 1.00. The number of hydrogen-bond donors (Lipinski definition) is 1. The molecule has 0 aromatic rings. The van der Waals surface area contributed by atoms with Crippen LogP contribution in [0.1, 0.15) is 20.3 Å². The van der Waals surface area contributed by atoms with Gasteiger partial charge in [0.2, 0.25) is 0 Å². The van der Waals surface area contributed by atoms with Crippen LogP contribution in [-0.4, -0.2) is 32.2 Å². The van der Waals surface area contributed by atoms with E-state index in [-0.39, 0.29) is 6.10 Å². The van der Waals surface area contributed by atoms with Crippen molar-refractivity contribution in [3.63, 3.8) is 0 Å². The van der Waals surface area contributed by atoms with Crippen LogP contribution in [0.5, 0.6) is 0 Å². The van der Waals surface area contributed by atoms with Gasteiger partial charge in [-0.1, -0.05) is 13.3 Å². The predicted octanol–water partition coefficient (Wildman–Crippen LogP) is 1.99. The Morgan fingerprint density at radius 3 is 2.42 bits per heavy atom. The molecule has 0 rings (SSSR count). The third-order valence-electron chi connectivity index (χ3n) is 1.85. The van der Waals surface area contributed by atoms with Gasteiger partial charge >= 0.3 is 0 Å². The number of methoxy groups -OCH3 is 1. The zero-order valence-corrected chi connectivity index (χ0v) is 9.14. The van der Waals surface area contributed by atoms with Gasteiger partial charge in [0.25, 0.3) is 0 Å². The first-order valence-corrected chi connectivity index (χ1v) is 5.09. The maximum Gasteiger partial charge on any atom is 0.0780 e. The van der Waals surface area contributed by atoms with Gasteiger partial charge in [0.15, 0.2) is 0 Å². The molecule has 0 fully saturated rings. The summed E-state index contributed by atoms with van der Waals surface area (Å²) in [5.74, 6) is 1.48. The molecule has 2 atom stereocenters. The van der Waals surface area contributed by atoms with Gasteiger partial charge in [-0.25, -0.2) is 0 Å². The summed E-state index contributed by atoms with van der Waals surface area (Å²) in [5.41, 5.74) is 0. The van der Waals surface area contributed by atoms with E-state index in [2.05, 4.69) is 19.6 Å². The minimum Gasteiger partial charge on any atom is -0.382 e. The SMILES string of the molecule is CCC(CS)COC(C)COC. The van der Waals surface area contributed by atoms with Crippen LogP contribution in [0.25, 0.3) is 0 Å². The molecule has 0 aliphatic rings. The van der Waals surface area contributed by atoms with Crippen molar-refractivity contribution in [1.29, 1.82) is 0 Å².